The van der Waals surface area contributed by atoms with Gasteiger partial charge in [0.2, 0.25) is 5.69 Å². The van der Waals surface area contributed by atoms with Gasteiger partial charge in [-0.05, 0) is 68.1 Å². The van der Waals surface area contributed by atoms with E-state index in [1.807, 2.05) is 49.9 Å². The molecule has 0 bridgehead atoms. The molecule has 1 saturated heterocycles. The Morgan fingerprint density at radius 2 is 1.89 bits per heavy atom. The normalized spacial score (nSPS) is 16.8. The highest BCUT2D eigenvalue weighted by molar-refractivity contribution is 7.81. The average molecular weight is 508 g/mol. The molecule has 0 unspecified atom stereocenters. The van der Waals surface area contributed by atoms with Gasteiger partial charge in [-0.1, -0.05) is 39.0 Å². The van der Waals surface area contributed by atoms with Gasteiger partial charge >= 0.3 is 0 Å². The molecule has 0 N–H and O–H groups in total. The number of anilines is 2. The van der Waals surface area contributed by atoms with E-state index in [9.17, 15) is 9.59 Å². The molecule has 1 spiro atoms. The van der Waals surface area contributed by atoms with Crippen molar-refractivity contribution in [1.29, 1.82) is 0 Å². The van der Waals surface area contributed by atoms with Crippen molar-refractivity contribution < 1.29 is 18.7 Å². The number of aryl methyl sites for hydroxylation is 1. The molecule has 1 saturated carbocycles. The third kappa shape index (κ3) is 4.05. The van der Waals surface area contributed by atoms with E-state index in [-0.39, 0.29) is 39.3 Å². The first-order valence-electron chi connectivity index (χ1n) is 12.2. The van der Waals surface area contributed by atoms with Gasteiger partial charge in [0.15, 0.2) is 16.7 Å². The number of benzene rings is 2. The zero-order chi connectivity index (χ0) is 26.3. The number of thiocarbonyl (C=S) groups is 1. The number of halogens is 1. The fourth-order valence-electron chi connectivity index (χ4n) is 5.07. The molecule has 6 nitrogen and oxygen atoms in total. The zero-order valence-electron chi connectivity index (χ0n) is 21.1. The van der Waals surface area contributed by atoms with Crippen molar-refractivity contribution >= 4 is 46.1 Å². The zero-order valence-corrected chi connectivity index (χ0v) is 21.9. The molecule has 188 valence electrons. The van der Waals surface area contributed by atoms with Crippen molar-refractivity contribution in [2.24, 2.45) is 5.41 Å². The topological polar surface area (TPSA) is 54.2 Å². The maximum atomic E-state index is 15.4. The summed E-state index contributed by atoms with van der Waals surface area (Å²) in [5.74, 6) is -0.995. The Balaban J connectivity index is 1.64. The lowest BCUT2D eigenvalue weighted by atomic mass is 9.75. The molecule has 0 radical (unpaired) electrons. The molecule has 2 aromatic rings. The predicted octanol–water partition coefficient (Wildman–Crippen LogP) is 6.38. The summed E-state index contributed by atoms with van der Waals surface area (Å²) in [5, 5.41) is 0.207. The van der Waals surface area contributed by atoms with Gasteiger partial charge in [-0.2, -0.15) is 0 Å². The lowest BCUT2D eigenvalue weighted by Gasteiger charge is -2.43. The van der Waals surface area contributed by atoms with Crippen LogP contribution in [0.1, 0.15) is 58.4 Å². The van der Waals surface area contributed by atoms with E-state index in [2.05, 4.69) is 4.85 Å². The van der Waals surface area contributed by atoms with Crippen LogP contribution in [-0.2, 0) is 16.0 Å². The van der Waals surface area contributed by atoms with Gasteiger partial charge in [-0.15, -0.1) is 0 Å². The van der Waals surface area contributed by atoms with Crippen LogP contribution in [0.5, 0.6) is 5.75 Å². The summed E-state index contributed by atoms with van der Waals surface area (Å²) in [4.78, 5) is 32.3. The van der Waals surface area contributed by atoms with E-state index < -0.39 is 11.4 Å². The van der Waals surface area contributed by atoms with Crippen LogP contribution in [0.25, 0.3) is 4.85 Å². The van der Waals surface area contributed by atoms with Gasteiger partial charge in [0, 0.05) is 17.5 Å². The number of nitrogens with zero attached hydrogens (tertiary/aromatic N) is 3. The number of carbonyl (C=O) groups excluding carboxylic acids is 2. The Bertz CT molecular complexity index is 1260. The maximum absolute atomic E-state index is 15.4. The van der Waals surface area contributed by atoms with Crippen LogP contribution in [0.2, 0.25) is 0 Å². The molecule has 2 aromatic carbocycles. The number of Topliss-reactive ketones (excluding diaryl/α,β-unsaturated/α-hetero) is 1. The smallest absolute Gasteiger partial charge is 0.259 e. The van der Waals surface area contributed by atoms with Crippen LogP contribution in [-0.4, -0.2) is 29.5 Å². The molecule has 36 heavy (non-hydrogen) atoms. The van der Waals surface area contributed by atoms with Crippen LogP contribution < -0.4 is 14.5 Å². The number of hydrogen-bond donors (Lipinski definition) is 0. The van der Waals surface area contributed by atoms with Crippen molar-refractivity contribution in [3.8, 4) is 5.75 Å². The highest BCUT2D eigenvalue weighted by Gasteiger charge is 2.60. The standard InChI is InChI=1S/C28H30FN3O3S/c1-6-22(33)27(2,3)17-14-18-8-10-19(11-9-18)32-26(36)31(25(34)28(32)15-7-16-28)21-13-12-20(30-4)24(35-5)23(21)29/h8-13H,6-7,14-17H2,1-3,5H3. The van der Waals surface area contributed by atoms with Crippen LogP contribution in [0.4, 0.5) is 21.5 Å². The Kier molecular flexibility index (Phi) is 6.89. The minimum atomic E-state index is -0.841. The fraction of sp³-hybridized carbons (Fsp3) is 0.429. The highest BCUT2D eigenvalue weighted by Crippen LogP contribution is 2.49. The molecule has 0 atom stereocenters. The van der Waals surface area contributed by atoms with E-state index in [0.717, 1.165) is 30.5 Å². The molecule has 2 aliphatic rings. The van der Waals surface area contributed by atoms with Gasteiger partial charge in [0.25, 0.3) is 5.91 Å². The van der Waals surface area contributed by atoms with E-state index >= 15 is 4.39 Å². The van der Waals surface area contributed by atoms with Crippen molar-refractivity contribution in [2.75, 3.05) is 16.9 Å². The number of amides is 1. The maximum Gasteiger partial charge on any atom is 0.259 e. The average Bonchev–Trinajstić information content (AvgIpc) is 3.09. The third-order valence-corrected chi connectivity index (χ3v) is 7.89. The van der Waals surface area contributed by atoms with Gasteiger partial charge in [0.05, 0.1) is 19.4 Å². The van der Waals surface area contributed by atoms with Crippen molar-refractivity contribution in [3.63, 3.8) is 0 Å². The number of carbonyl (C=O) groups is 2. The summed E-state index contributed by atoms with van der Waals surface area (Å²) in [6, 6.07) is 10.7. The molecule has 1 aliphatic carbocycles. The Labute approximate surface area is 216 Å². The monoisotopic (exact) mass is 507 g/mol. The first-order chi connectivity index (χ1) is 17.1. The van der Waals surface area contributed by atoms with Crippen LogP contribution in [0.3, 0.4) is 0 Å². The van der Waals surface area contributed by atoms with E-state index in [4.69, 9.17) is 23.5 Å². The van der Waals surface area contributed by atoms with Crippen molar-refractivity contribution in [3.05, 3.63) is 59.2 Å². The van der Waals surface area contributed by atoms with Gasteiger partial charge < -0.3 is 9.64 Å². The molecule has 1 heterocycles. The molecule has 4 rings (SSSR count). The molecule has 8 heteroatoms. The second-order valence-corrected chi connectivity index (χ2v) is 10.4. The highest BCUT2D eigenvalue weighted by atomic mass is 32.1. The minimum absolute atomic E-state index is 0.0116. The quantitative estimate of drug-likeness (QED) is 0.306. The van der Waals surface area contributed by atoms with Crippen LogP contribution in [0.15, 0.2) is 36.4 Å². The first kappa shape index (κ1) is 25.8. The Hall–Kier alpha value is -3.31. The molecular formula is C28H30FN3O3S. The summed E-state index contributed by atoms with van der Waals surface area (Å²) in [6.45, 7) is 13.1. The Morgan fingerprint density at radius 3 is 2.42 bits per heavy atom. The van der Waals surface area contributed by atoms with Gasteiger partial charge in [0.1, 0.15) is 11.3 Å². The summed E-state index contributed by atoms with van der Waals surface area (Å²) >= 11 is 5.75. The number of ketones is 1. The van der Waals surface area contributed by atoms with Crippen LogP contribution in [0, 0.1) is 17.8 Å². The fourth-order valence-corrected chi connectivity index (χ4v) is 5.53. The second kappa shape index (κ2) is 9.62. The second-order valence-electron chi connectivity index (χ2n) is 10.0. The predicted molar refractivity (Wildman–Crippen MR) is 142 cm³/mol. The Morgan fingerprint density at radius 1 is 1.22 bits per heavy atom. The molecule has 2 fully saturated rings. The van der Waals surface area contributed by atoms with Crippen molar-refractivity contribution in [1.82, 2.24) is 0 Å². The molecule has 1 aliphatic heterocycles. The number of methoxy groups -OCH3 is 1. The van der Waals surface area contributed by atoms with Crippen LogP contribution >= 0.6 is 12.2 Å². The molecule has 0 aromatic heterocycles. The third-order valence-electron chi connectivity index (χ3n) is 7.52. The van der Waals surface area contributed by atoms with Gasteiger partial charge in [-0.25, -0.2) is 9.24 Å². The SMILES string of the molecule is [C-]#[N+]c1ccc(N2C(=O)C3(CCC3)N(c3ccc(CCC(C)(C)C(=O)CC)cc3)C2=S)c(F)c1OC. The number of rotatable bonds is 8. The summed E-state index contributed by atoms with van der Waals surface area (Å²) in [7, 11) is 1.29. The largest absolute Gasteiger partial charge is 0.505 e. The lowest BCUT2D eigenvalue weighted by molar-refractivity contribution is -0.127. The number of hydrogen-bond acceptors (Lipinski definition) is 4. The summed E-state index contributed by atoms with van der Waals surface area (Å²) in [6.07, 6.45) is 4.15. The summed E-state index contributed by atoms with van der Waals surface area (Å²) < 4.78 is 20.5. The minimum Gasteiger partial charge on any atom is -0.505 e. The van der Waals surface area contributed by atoms with Gasteiger partial charge in [-0.3, -0.25) is 14.5 Å². The first-order valence-corrected chi connectivity index (χ1v) is 12.6. The lowest BCUT2D eigenvalue weighted by Crippen LogP contribution is -2.55. The molecule has 1 amide bonds. The number of ether oxygens (including phenoxy) is 1. The van der Waals surface area contributed by atoms with E-state index in [1.54, 1.807) is 0 Å². The van der Waals surface area contributed by atoms with Crippen molar-refractivity contribution in [2.45, 2.75) is 64.8 Å². The summed E-state index contributed by atoms with van der Waals surface area (Å²) in [5.41, 5.74) is 0.673. The van der Waals surface area contributed by atoms with E-state index in [0.29, 0.717) is 19.3 Å². The van der Waals surface area contributed by atoms with E-state index in [1.165, 1.54) is 24.1 Å². The molecular weight excluding hydrogens is 477 g/mol.